The van der Waals surface area contributed by atoms with Crippen molar-refractivity contribution in [3.63, 3.8) is 0 Å². The Kier molecular flexibility index (Phi) is 7.07. The summed E-state index contributed by atoms with van der Waals surface area (Å²) in [6.45, 7) is 10.3. The SMILES string of the molecule is Cc1ccc(C(C)C)c(OCC(O)Cn2c(N3CCC(C)CC3)nc3c2c(=O)n(C)c(=O)n3C)c1. The third-order valence-corrected chi connectivity index (χ3v) is 7.01. The van der Waals surface area contributed by atoms with Crippen LogP contribution in [0.3, 0.4) is 0 Å². The van der Waals surface area contributed by atoms with Gasteiger partial charge in [-0.1, -0.05) is 32.9 Å². The predicted octanol–water partition coefficient (Wildman–Crippen LogP) is 2.54. The van der Waals surface area contributed by atoms with Crippen molar-refractivity contribution in [2.75, 3.05) is 24.6 Å². The van der Waals surface area contributed by atoms with E-state index < -0.39 is 17.4 Å². The average molecular weight is 484 g/mol. The second-order valence-corrected chi connectivity index (χ2v) is 10.2. The molecule has 1 aliphatic rings. The maximum absolute atomic E-state index is 13.1. The van der Waals surface area contributed by atoms with Gasteiger partial charge in [-0.3, -0.25) is 13.9 Å². The van der Waals surface area contributed by atoms with Gasteiger partial charge in [0.25, 0.3) is 5.56 Å². The van der Waals surface area contributed by atoms with E-state index in [-0.39, 0.29) is 19.1 Å². The predicted molar refractivity (Wildman–Crippen MR) is 138 cm³/mol. The monoisotopic (exact) mass is 483 g/mol. The Morgan fingerprint density at radius 3 is 2.49 bits per heavy atom. The van der Waals surface area contributed by atoms with Crippen LogP contribution in [0, 0.1) is 12.8 Å². The summed E-state index contributed by atoms with van der Waals surface area (Å²) in [7, 11) is 3.09. The maximum atomic E-state index is 13.1. The highest BCUT2D eigenvalue weighted by Gasteiger charge is 2.26. The fraction of sp³-hybridized carbons (Fsp3) is 0.577. The van der Waals surface area contributed by atoms with Crippen LogP contribution in [0.5, 0.6) is 5.75 Å². The molecular formula is C26H37N5O4. The lowest BCUT2D eigenvalue weighted by molar-refractivity contribution is 0.0929. The molecule has 9 heteroatoms. The molecule has 1 aromatic carbocycles. The van der Waals surface area contributed by atoms with E-state index in [9.17, 15) is 14.7 Å². The van der Waals surface area contributed by atoms with Crippen molar-refractivity contribution in [3.8, 4) is 5.75 Å². The summed E-state index contributed by atoms with van der Waals surface area (Å²) in [6, 6.07) is 6.10. The number of fused-ring (bicyclic) bond motifs is 1. The largest absolute Gasteiger partial charge is 0.491 e. The first-order valence-corrected chi connectivity index (χ1v) is 12.4. The molecule has 0 amide bonds. The zero-order valence-corrected chi connectivity index (χ0v) is 21.6. The molecule has 0 spiro atoms. The summed E-state index contributed by atoms with van der Waals surface area (Å²) in [5.74, 6) is 2.29. The number of aryl methyl sites for hydroxylation is 2. The number of aliphatic hydroxyl groups excluding tert-OH is 1. The van der Waals surface area contributed by atoms with Gasteiger partial charge in [0.15, 0.2) is 11.2 Å². The van der Waals surface area contributed by atoms with Crippen LogP contribution in [0.15, 0.2) is 27.8 Å². The molecule has 3 aromatic rings. The molecule has 1 atom stereocenters. The number of aliphatic hydroxyl groups is 1. The third-order valence-electron chi connectivity index (χ3n) is 7.01. The number of nitrogens with zero attached hydrogens (tertiary/aromatic N) is 5. The summed E-state index contributed by atoms with van der Waals surface area (Å²) in [4.78, 5) is 32.6. The summed E-state index contributed by atoms with van der Waals surface area (Å²) >= 11 is 0. The van der Waals surface area contributed by atoms with Gasteiger partial charge in [-0.15, -0.1) is 0 Å². The molecule has 190 valence electrons. The molecule has 4 rings (SSSR count). The highest BCUT2D eigenvalue weighted by molar-refractivity contribution is 5.74. The van der Waals surface area contributed by atoms with Gasteiger partial charge in [-0.2, -0.15) is 4.98 Å². The van der Waals surface area contributed by atoms with E-state index in [0.717, 1.165) is 47.4 Å². The lowest BCUT2D eigenvalue weighted by Crippen LogP contribution is -2.38. The molecule has 3 heterocycles. The Hall–Kier alpha value is -3.07. The quantitative estimate of drug-likeness (QED) is 0.555. The summed E-state index contributed by atoms with van der Waals surface area (Å²) in [5.41, 5.74) is 1.99. The van der Waals surface area contributed by atoms with E-state index in [4.69, 9.17) is 9.72 Å². The van der Waals surface area contributed by atoms with Crippen LogP contribution in [-0.2, 0) is 20.6 Å². The van der Waals surface area contributed by atoms with Crippen LogP contribution < -0.4 is 20.9 Å². The Morgan fingerprint density at radius 2 is 1.83 bits per heavy atom. The van der Waals surface area contributed by atoms with Crippen LogP contribution >= 0.6 is 0 Å². The molecule has 2 aromatic heterocycles. The molecule has 1 saturated heterocycles. The maximum Gasteiger partial charge on any atom is 0.332 e. The van der Waals surface area contributed by atoms with E-state index in [2.05, 4.69) is 37.8 Å². The number of imidazole rings is 1. The zero-order valence-electron chi connectivity index (χ0n) is 21.6. The fourth-order valence-corrected chi connectivity index (χ4v) is 4.75. The third kappa shape index (κ3) is 4.87. The van der Waals surface area contributed by atoms with Crippen LogP contribution in [0.1, 0.15) is 50.7 Å². The molecule has 1 unspecified atom stereocenters. The topological polar surface area (TPSA) is 94.5 Å². The number of anilines is 1. The summed E-state index contributed by atoms with van der Waals surface area (Å²) in [5, 5.41) is 11.0. The molecule has 0 saturated carbocycles. The Labute approximate surface area is 205 Å². The second-order valence-electron chi connectivity index (χ2n) is 10.2. The first kappa shape index (κ1) is 25.0. The minimum absolute atomic E-state index is 0.0748. The molecule has 1 N–H and O–H groups in total. The number of ether oxygens (including phenoxy) is 1. The van der Waals surface area contributed by atoms with Gasteiger partial charge in [0.05, 0.1) is 6.54 Å². The Balaban J connectivity index is 1.68. The zero-order chi connectivity index (χ0) is 25.4. The smallest absolute Gasteiger partial charge is 0.332 e. The van der Waals surface area contributed by atoms with E-state index >= 15 is 0 Å². The first-order chi connectivity index (χ1) is 16.6. The number of hydrogen-bond acceptors (Lipinski definition) is 6. The molecule has 35 heavy (non-hydrogen) atoms. The number of aromatic nitrogens is 4. The van der Waals surface area contributed by atoms with Crippen molar-refractivity contribution in [2.45, 2.75) is 59.1 Å². The number of piperidine rings is 1. The number of benzene rings is 1. The van der Waals surface area contributed by atoms with Crippen molar-refractivity contribution < 1.29 is 9.84 Å². The van der Waals surface area contributed by atoms with Crippen LogP contribution in [0.2, 0.25) is 0 Å². The average Bonchev–Trinajstić information content (AvgIpc) is 3.19. The lowest BCUT2D eigenvalue weighted by Gasteiger charge is -2.31. The van der Waals surface area contributed by atoms with Gasteiger partial charge >= 0.3 is 5.69 Å². The molecule has 0 aliphatic carbocycles. The standard InChI is InChI=1S/C26H37N5O4/c1-16(2)20-8-7-18(4)13-21(20)35-15-19(32)14-31-22-23(28(5)26(34)29(6)24(22)33)27-25(31)30-11-9-17(3)10-12-30/h7-8,13,16-17,19,32H,9-12,14-15H2,1-6H3. The normalized spacial score (nSPS) is 15.8. The van der Waals surface area contributed by atoms with Gasteiger partial charge in [0.2, 0.25) is 5.95 Å². The van der Waals surface area contributed by atoms with Gasteiger partial charge in [0, 0.05) is 27.2 Å². The van der Waals surface area contributed by atoms with E-state index in [0.29, 0.717) is 23.0 Å². The van der Waals surface area contributed by atoms with Crippen molar-refractivity contribution in [1.82, 2.24) is 18.7 Å². The van der Waals surface area contributed by atoms with Crippen LogP contribution in [-0.4, -0.2) is 49.6 Å². The van der Waals surface area contributed by atoms with Crippen LogP contribution in [0.25, 0.3) is 11.2 Å². The van der Waals surface area contributed by atoms with Crippen molar-refractivity contribution in [3.05, 3.63) is 50.2 Å². The summed E-state index contributed by atoms with van der Waals surface area (Å²) < 4.78 is 10.3. The molecular weight excluding hydrogens is 446 g/mol. The first-order valence-electron chi connectivity index (χ1n) is 12.4. The van der Waals surface area contributed by atoms with Crippen LogP contribution in [0.4, 0.5) is 5.95 Å². The summed E-state index contributed by atoms with van der Waals surface area (Å²) in [6.07, 6.45) is 1.17. The molecule has 1 aliphatic heterocycles. The van der Waals surface area contributed by atoms with E-state index in [1.165, 1.54) is 11.6 Å². The van der Waals surface area contributed by atoms with Gasteiger partial charge in [-0.25, -0.2) is 4.79 Å². The van der Waals surface area contributed by atoms with E-state index in [1.54, 1.807) is 11.6 Å². The van der Waals surface area contributed by atoms with Gasteiger partial charge in [0.1, 0.15) is 18.5 Å². The molecule has 0 radical (unpaired) electrons. The molecule has 9 nitrogen and oxygen atoms in total. The highest BCUT2D eigenvalue weighted by Crippen LogP contribution is 2.28. The Morgan fingerprint density at radius 1 is 1.14 bits per heavy atom. The number of hydrogen-bond donors (Lipinski definition) is 1. The molecule has 1 fully saturated rings. The minimum Gasteiger partial charge on any atom is -0.491 e. The second kappa shape index (κ2) is 9.89. The molecule has 0 bridgehead atoms. The number of rotatable bonds is 7. The highest BCUT2D eigenvalue weighted by atomic mass is 16.5. The van der Waals surface area contributed by atoms with Gasteiger partial charge < -0.3 is 19.3 Å². The fourth-order valence-electron chi connectivity index (χ4n) is 4.75. The minimum atomic E-state index is -0.877. The van der Waals surface area contributed by atoms with Crippen molar-refractivity contribution in [1.29, 1.82) is 0 Å². The van der Waals surface area contributed by atoms with Crippen molar-refractivity contribution in [2.24, 2.45) is 20.0 Å². The van der Waals surface area contributed by atoms with Gasteiger partial charge in [-0.05, 0) is 48.8 Å². The van der Waals surface area contributed by atoms with E-state index in [1.807, 2.05) is 13.0 Å². The Bertz CT molecular complexity index is 1330. The lowest BCUT2D eigenvalue weighted by atomic mass is 10.00. The van der Waals surface area contributed by atoms with Crippen molar-refractivity contribution >= 4 is 17.1 Å².